The first-order valence-electron chi connectivity index (χ1n) is 6.29. The van der Waals surface area contributed by atoms with Crippen LogP contribution in [0.3, 0.4) is 0 Å². The minimum Gasteiger partial charge on any atom is -0.343 e. The number of imidazole rings is 1. The van der Waals surface area contributed by atoms with Crippen molar-refractivity contribution >= 4 is 5.65 Å². The van der Waals surface area contributed by atoms with Crippen LogP contribution in [0, 0.1) is 0 Å². The van der Waals surface area contributed by atoms with Crippen molar-refractivity contribution < 1.29 is 13.2 Å². The van der Waals surface area contributed by atoms with Crippen molar-refractivity contribution in [2.45, 2.75) is 12.6 Å². The molecule has 108 valence electrons. The van der Waals surface area contributed by atoms with Gasteiger partial charge in [0.25, 0.3) is 5.56 Å². The summed E-state index contributed by atoms with van der Waals surface area (Å²) in [6, 6.07) is 9.86. The van der Waals surface area contributed by atoms with Crippen LogP contribution in [-0.4, -0.2) is 9.38 Å². The molecule has 0 atom stereocenters. The predicted molar refractivity (Wildman–Crippen MR) is 72.3 cm³/mol. The van der Waals surface area contributed by atoms with Gasteiger partial charge in [-0.15, -0.1) is 0 Å². The highest BCUT2D eigenvalue weighted by molar-refractivity contribution is 5.40. The molecule has 0 aliphatic rings. The van der Waals surface area contributed by atoms with E-state index in [2.05, 4.69) is 4.98 Å². The molecule has 0 amide bonds. The van der Waals surface area contributed by atoms with Gasteiger partial charge >= 0.3 is 6.18 Å². The van der Waals surface area contributed by atoms with E-state index in [-0.39, 0.29) is 5.56 Å². The molecule has 0 unspecified atom stereocenters. The number of nitrogens with zero attached hydrogens (tertiary/aromatic N) is 1. The van der Waals surface area contributed by atoms with E-state index < -0.39 is 11.7 Å². The third-order valence-corrected chi connectivity index (χ3v) is 3.24. The zero-order chi connectivity index (χ0) is 15.0. The van der Waals surface area contributed by atoms with Gasteiger partial charge in [0.1, 0.15) is 5.65 Å². The van der Waals surface area contributed by atoms with Crippen LogP contribution in [0.4, 0.5) is 13.2 Å². The first kappa shape index (κ1) is 13.5. The molecule has 0 saturated carbocycles. The molecule has 2 heterocycles. The number of aromatic amines is 1. The molecule has 0 radical (unpaired) electrons. The number of H-pyrrole nitrogens is 1. The smallest absolute Gasteiger partial charge is 0.343 e. The van der Waals surface area contributed by atoms with Crippen LogP contribution in [0.1, 0.15) is 16.8 Å². The molecule has 1 aromatic carbocycles. The van der Waals surface area contributed by atoms with Gasteiger partial charge in [0.05, 0.1) is 5.56 Å². The number of nitrogens with one attached hydrogen (secondary N) is 1. The van der Waals surface area contributed by atoms with Gasteiger partial charge in [-0.1, -0.05) is 18.2 Å². The summed E-state index contributed by atoms with van der Waals surface area (Å²) in [5, 5.41) is 0. The standard InChI is InChI=1S/C15H11F3N2O/c16-15(17,18)11-6-4-10(5-7-11)8-12-9-20-13(19-12)2-1-3-14(20)21/h1-7,9,19H,8H2. The fraction of sp³-hybridized carbons (Fsp3) is 0.133. The van der Waals surface area contributed by atoms with Gasteiger partial charge in [-0.25, -0.2) is 0 Å². The second kappa shape index (κ2) is 4.80. The molecule has 21 heavy (non-hydrogen) atoms. The molecule has 2 aromatic heterocycles. The lowest BCUT2D eigenvalue weighted by molar-refractivity contribution is -0.137. The zero-order valence-electron chi connectivity index (χ0n) is 10.8. The Morgan fingerprint density at radius 2 is 1.76 bits per heavy atom. The average molecular weight is 292 g/mol. The van der Waals surface area contributed by atoms with Crippen molar-refractivity contribution in [3.05, 3.63) is 75.8 Å². The van der Waals surface area contributed by atoms with Crippen molar-refractivity contribution in [2.24, 2.45) is 0 Å². The normalized spacial score (nSPS) is 12.0. The largest absolute Gasteiger partial charge is 0.416 e. The van der Waals surface area contributed by atoms with Crippen LogP contribution in [0.5, 0.6) is 0 Å². The van der Waals surface area contributed by atoms with Crippen molar-refractivity contribution in [1.82, 2.24) is 9.38 Å². The lowest BCUT2D eigenvalue weighted by Crippen LogP contribution is -2.08. The quantitative estimate of drug-likeness (QED) is 0.773. The lowest BCUT2D eigenvalue weighted by atomic mass is 10.1. The topological polar surface area (TPSA) is 37.3 Å². The Hall–Kier alpha value is -2.50. The van der Waals surface area contributed by atoms with Gasteiger partial charge in [-0.3, -0.25) is 9.20 Å². The molecule has 3 nitrogen and oxygen atoms in total. The van der Waals surface area contributed by atoms with Gasteiger partial charge in [0, 0.05) is 24.4 Å². The molecule has 0 saturated heterocycles. The lowest BCUT2D eigenvalue weighted by Gasteiger charge is -2.07. The van der Waals surface area contributed by atoms with Gasteiger partial charge < -0.3 is 4.98 Å². The Morgan fingerprint density at radius 3 is 2.38 bits per heavy atom. The number of hydrogen-bond acceptors (Lipinski definition) is 1. The summed E-state index contributed by atoms with van der Waals surface area (Å²) < 4.78 is 38.9. The van der Waals surface area contributed by atoms with Crippen LogP contribution < -0.4 is 5.56 Å². The van der Waals surface area contributed by atoms with E-state index >= 15 is 0 Å². The third kappa shape index (κ3) is 2.69. The molecule has 0 bridgehead atoms. The van der Waals surface area contributed by atoms with Crippen LogP contribution in [0.2, 0.25) is 0 Å². The number of fused-ring (bicyclic) bond motifs is 1. The average Bonchev–Trinajstić information content (AvgIpc) is 2.82. The maximum absolute atomic E-state index is 12.5. The summed E-state index contributed by atoms with van der Waals surface area (Å²) in [6.45, 7) is 0. The summed E-state index contributed by atoms with van der Waals surface area (Å²) in [6.07, 6.45) is -2.23. The highest BCUT2D eigenvalue weighted by atomic mass is 19.4. The van der Waals surface area contributed by atoms with E-state index in [1.807, 2.05) is 0 Å². The Balaban J connectivity index is 1.88. The molecule has 0 spiro atoms. The predicted octanol–water partition coefficient (Wildman–Crippen LogP) is 3.24. The monoisotopic (exact) mass is 292 g/mol. The van der Waals surface area contributed by atoms with Crippen LogP contribution in [0.25, 0.3) is 5.65 Å². The van der Waals surface area contributed by atoms with Gasteiger partial charge in [0.2, 0.25) is 0 Å². The zero-order valence-corrected chi connectivity index (χ0v) is 10.8. The maximum Gasteiger partial charge on any atom is 0.416 e. The fourth-order valence-corrected chi connectivity index (χ4v) is 2.21. The second-order valence-electron chi connectivity index (χ2n) is 4.77. The molecule has 6 heteroatoms. The highest BCUT2D eigenvalue weighted by Gasteiger charge is 2.29. The van der Waals surface area contributed by atoms with Crippen molar-refractivity contribution in [3.63, 3.8) is 0 Å². The summed E-state index contributed by atoms with van der Waals surface area (Å²) in [5.74, 6) is 0. The highest BCUT2D eigenvalue weighted by Crippen LogP contribution is 2.29. The van der Waals surface area contributed by atoms with Gasteiger partial charge in [-0.2, -0.15) is 13.2 Å². The molecule has 3 rings (SSSR count). The van der Waals surface area contributed by atoms with Crippen molar-refractivity contribution in [2.75, 3.05) is 0 Å². The Labute approximate surface area is 117 Å². The number of aromatic nitrogens is 2. The van der Waals surface area contributed by atoms with E-state index in [0.29, 0.717) is 12.1 Å². The van der Waals surface area contributed by atoms with E-state index in [4.69, 9.17) is 0 Å². The Kier molecular flexibility index (Phi) is 3.08. The van der Waals surface area contributed by atoms with E-state index in [9.17, 15) is 18.0 Å². The number of pyridine rings is 1. The first-order chi connectivity index (χ1) is 9.93. The summed E-state index contributed by atoms with van der Waals surface area (Å²) >= 11 is 0. The van der Waals surface area contributed by atoms with Crippen LogP contribution in [-0.2, 0) is 12.6 Å². The second-order valence-corrected chi connectivity index (χ2v) is 4.77. The van der Waals surface area contributed by atoms with Crippen LogP contribution in [0.15, 0.2) is 53.5 Å². The number of rotatable bonds is 2. The summed E-state index contributed by atoms with van der Waals surface area (Å²) in [5.41, 5.74) is 1.34. The first-order valence-corrected chi connectivity index (χ1v) is 6.29. The van der Waals surface area contributed by atoms with Gasteiger partial charge in [0.15, 0.2) is 0 Å². The maximum atomic E-state index is 12.5. The molecule has 0 fully saturated rings. The Bertz CT molecular complexity index is 828. The van der Waals surface area contributed by atoms with E-state index in [0.717, 1.165) is 23.4 Å². The minimum atomic E-state index is -4.33. The van der Waals surface area contributed by atoms with Crippen LogP contribution >= 0.6 is 0 Å². The molecular weight excluding hydrogens is 281 g/mol. The fourth-order valence-electron chi connectivity index (χ4n) is 2.21. The number of benzene rings is 1. The van der Waals surface area contributed by atoms with Crippen molar-refractivity contribution in [3.8, 4) is 0 Å². The number of alkyl halides is 3. The summed E-state index contributed by atoms with van der Waals surface area (Å²) in [7, 11) is 0. The molecule has 1 N–H and O–H groups in total. The molecular formula is C15H11F3N2O. The Morgan fingerprint density at radius 1 is 1.05 bits per heavy atom. The minimum absolute atomic E-state index is 0.151. The summed E-state index contributed by atoms with van der Waals surface area (Å²) in [4.78, 5) is 14.7. The van der Waals surface area contributed by atoms with E-state index in [1.165, 1.54) is 22.6 Å². The van der Waals surface area contributed by atoms with Crippen molar-refractivity contribution in [1.29, 1.82) is 0 Å². The molecule has 0 aliphatic heterocycles. The third-order valence-electron chi connectivity index (χ3n) is 3.24. The molecule has 3 aromatic rings. The molecule has 0 aliphatic carbocycles. The number of hydrogen-bond donors (Lipinski definition) is 1. The number of halogens is 3. The van der Waals surface area contributed by atoms with E-state index in [1.54, 1.807) is 18.3 Å². The van der Waals surface area contributed by atoms with Gasteiger partial charge in [-0.05, 0) is 23.8 Å². The SMILES string of the molecule is O=c1cccc2[nH]c(Cc3ccc(C(F)(F)F)cc3)cn12.